The quantitative estimate of drug-likeness (QED) is 0.704. The average Bonchev–Trinajstić information content (AvgIpc) is 2.27. The number of hydrogen-bond donors (Lipinski definition) is 2. The molecule has 0 aliphatic heterocycles. The van der Waals surface area contributed by atoms with Gasteiger partial charge in [0.2, 0.25) is 0 Å². The monoisotopic (exact) mass is 439 g/mol. The van der Waals surface area contributed by atoms with Gasteiger partial charge < -0.3 is 10.4 Å². The minimum absolute atomic E-state index is 0.0485. The van der Waals surface area contributed by atoms with E-state index in [1.807, 2.05) is 18.2 Å². The zero-order valence-electron chi connectivity index (χ0n) is 11.3. The number of carbonyl (C=O) groups excluding carboxylic acids is 1. The summed E-state index contributed by atoms with van der Waals surface area (Å²) < 4.78 is 1.76. The van der Waals surface area contributed by atoms with Crippen molar-refractivity contribution in [1.29, 1.82) is 0 Å². The van der Waals surface area contributed by atoms with E-state index in [4.69, 9.17) is 0 Å². The van der Waals surface area contributed by atoms with Gasteiger partial charge in [0.25, 0.3) is 5.91 Å². The van der Waals surface area contributed by atoms with Gasteiger partial charge >= 0.3 is 0 Å². The second kappa shape index (κ2) is 7.04. The smallest absolute Gasteiger partial charge is 0.252 e. The van der Waals surface area contributed by atoms with Crippen LogP contribution < -0.4 is 5.32 Å². The number of amides is 1. The van der Waals surface area contributed by atoms with Crippen LogP contribution in [0.3, 0.4) is 0 Å². The summed E-state index contributed by atoms with van der Waals surface area (Å²) in [5, 5.41) is 12.6. The maximum Gasteiger partial charge on any atom is 0.252 e. The molecule has 3 nitrogen and oxygen atoms in total. The van der Waals surface area contributed by atoms with Gasteiger partial charge in [-0.05, 0) is 68.6 Å². The van der Waals surface area contributed by atoms with E-state index in [0.717, 1.165) is 8.04 Å². The second-order valence-corrected chi connectivity index (χ2v) is 7.85. The van der Waals surface area contributed by atoms with E-state index < -0.39 is 6.10 Å². The van der Waals surface area contributed by atoms with Crippen molar-refractivity contribution in [2.75, 3.05) is 6.54 Å². The molecule has 1 rings (SSSR count). The van der Waals surface area contributed by atoms with Gasteiger partial charge in [0, 0.05) is 14.6 Å². The molecule has 106 valence electrons. The van der Waals surface area contributed by atoms with Crippen LogP contribution in [0.25, 0.3) is 0 Å². The summed E-state index contributed by atoms with van der Waals surface area (Å²) in [7, 11) is 0. The fraction of sp³-hybridized carbons (Fsp3) is 0.500. The van der Waals surface area contributed by atoms with Crippen molar-refractivity contribution < 1.29 is 9.90 Å². The maximum absolute atomic E-state index is 12.0. The van der Waals surface area contributed by atoms with Crippen molar-refractivity contribution in [3.8, 4) is 0 Å². The molecule has 1 atom stereocenters. The van der Waals surface area contributed by atoms with Crippen LogP contribution in [0.5, 0.6) is 0 Å². The van der Waals surface area contributed by atoms with Crippen molar-refractivity contribution in [3.05, 3.63) is 31.8 Å². The normalized spacial score (nSPS) is 13.2. The number of carbonyl (C=O) groups is 1. The van der Waals surface area contributed by atoms with Gasteiger partial charge in [-0.15, -0.1) is 0 Å². The summed E-state index contributed by atoms with van der Waals surface area (Å²) in [4.78, 5) is 12.0. The summed E-state index contributed by atoms with van der Waals surface area (Å²) >= 11 is 5.53. The van der Waals surface area contributed by atoms with E-state index >= 15 is 0 Å². The Morgan fingerprint density at radius 1 is 1.47 bits per heavy atom. The largest absolute Gasteiger partial charge is 0.391 e. The van der Waals surface area contributed by atoms with Gasteiger partial charge in [-0.3, -0.25) is 4.79 Å². The first kappa shape index (κ1) is 16.9. The number of aliphatic hydroxyl groups is 1. The molecule has 0 saturated heterocycles. The first-order chi connectivity index (χ1) is 8.69. The molecule has 0 aromatic heterocycles. The molecule has 1 amide bonds. The summed E-state index contributed by atoms with van der Waals surface area (Å²) in [5.74, 6) is -0.168. The van der Waals surface area contributed by atoms with Gasteiger partial charge in [-0.25, -0.2) is 0 Å². The number of rotatable bonds is 4. The topological polar surface area (TPSA) is 49.3 Å². The molecule has 0 aliphatic rings. The molecule has 0 heterocycles. The molecule has 1 aromatic rings. The molecule has 0 fully saturated rings. The molecule has 1 aromatic carbocycles. The molecule has 19 heavy (non-hydrogen) atoms. The maximum atomic E-state index is 12.0. The standard InChI is InChI=1S/C14H19BrINO2/c1-14(2,3)7-10(18)8-17-13(19)11-6-9(16)4-5-12(11)15/h4-6,10,18H,7-8H2,1-3H3,(H,17,19). The summed E-state index contributed by atoms with van der Waals surface area (Å²) in [6.07, 6.45) is 0.131. The molecule has 0 spiro atoms. The van der Waals surface area contributed by atoms with E-state index in [1.165, 1.54) is 0 Å². The lowest BCUT2D eigenvalue weighted by atomic mass is 9.89. The molecule has 0 radical (unpaired) electrons. The number of benzene rings is 1. The Labute approximate surface area is 136 Å². The molecular formula is C14H19BrINO2. The van der Waals surface area contributed by atoms with Crippen molar-refractivity contribution in [2.24, 2.45) is 5.41 Å². The highest BCUT2D eigenvalue weighted by Gasteiger charge is 2.18. The SMILES string of the molecule is CC(C)(C)CC(O)CNC(=O)c1cc(I)ccc1Br. The Kier molecular flexibility index (Phi) is 6.26. The minimum atomic E-state index is -0.523. The zero-order chi connectivity index (χ0) is 14.6. The highest BCUT2D eigenvalue weighted by atomic mass is 127. The Bertz CT molecular complexity index is 457. The first-order valence-electron chi connectivity index (χ1n) is 6.10. The molecular weight excluding hydrogens is 421 g/mol. The van der Waals surface area contributed by atoms with Crippen LogP contribution in [-0.4, -0.2) is 23.7 Å². The van der Waals surface area contributed by atoms with E-state index in [1.54, 1.807) is 0 Å². The van der Waals surface area contributed by atoms with E-state index in [9.17, 15) is 9.90 Å². The lowest BCUT2D eigenvalue weighted by molar-refractivity contribution is 0.0868. The van der Waals surface area contributed by atoms with Crippen LogP contribution in [-0.2, 0) is 0 Å². The van der Waals surface area contributed by atoms with Gasteiger partial charge in [-0.2, -0.15) is 0 Å². The highest BCUT2D eigenvalue weighted by Crippen LogP contribution is 2.21. The lowest BCUT2D eigenvalue weighted by Gasteiger charge is -2.22. The number of hydrogen-bond acceptors (Lipinski definition) is 2. The summed E-state index contributed by atoms with van der Waals surface area (Å²) in [5.41, 5.74) is 0.641. The number of aliphatic hydroxyl groups excluding tert-OH is 1. The lowest BCUT2D eigenvalue weighted by Crippen LogP contribution is -2.34. The molecule has 5 heteroatoms. The Hall–Kier alpha value is -0.140. The fourth-order valence-electron chi connectivity index (χ4n) is 1.76. The van der Waals surface area contributed by atoms with Crippen LogP contribution in [0.2, 0.25) is 0 Å². The third-order valence-electron chi connectivity index (χ3n) is 2.52. The number of halogens is 2. The molecule has 0 bridgehead atoms. The van der Waals surface area contributed by atoms with Gasteiger partial charge in [0.05, 0.1) is 11.7 Å². The summed E-state index contributed by atoms with van der Waals surface area (Å²) in [6.45, 7) is 6.46. The first-order valence-corrected chi connectivity index (χ1v) is 7.97. The van der Waals surface area contributed by atoms with Crippen LogP contribution in [0.15, 0.2) is 22.7 Å². The van der Waals surface area contributed by atoms with Crippen molar-refractivity contribution in [2.45, 2.75) is 33.3 Å². The Morgan fingerprint density at radius 3 is 2.68 bits per heavy atom. The van der Waals surface area contributed by atoms with E-state index in [0.29, 0.717) is 12.0 Å². The average molecular weight is 440 g/mol. The van der Waals surface area contributed by atoms with Crippen molar-refractivity contribution in [1.82, 2.24) is 5.32 Å². The molecule has 1 unspecified atom stereocenters. The zero-order valence-corrected chi connectivity index (χ0v) is 15.1. The van der Waals surface area contributed by atoms with Gasteiger partial charge in [0.1, 0.15) is 0 Å². The number of nitrogens with one attached hydrogen (secondary N) is 1. The molecule has 0 aliphatic carbocycles. The predicted molar refractivity (Wildman–Crippen MR) is 89.3 cm³/mol. The second-order valence-electron chi connectivity index (χ2n) is 5.75. The van der Waals surface area contributed by atoms with E-state index in [2.05, 4.69) is 64.6 Å². The van der Waals surface area contributed by atoms with E-state index in [-0.39, 0.29) is 17.9 Å². The van der Waals surface area contributed by atoms with Crippen molar-refractivity contribution >= 4 is 44.4 Å². The fourth-order valence-corrected chi connectivity index (χ4v) is 2.67. The van der Waals surface area contributed by atoms with Gasteiger partial charge in [-0.1, -0.05) is 20.8 Å². The third-order valence-corrected chi connectivity index (χ3v) is 3.88. The predicted octanol–water partition coefficient (Wildman–Crippen LogP) is 3.58. The minimum Gasteiger partial charge on any atom is -0.391 e. The summed E-state index contributed by atoms with van der Waals surface area (Å²) in [6, 6.07) is 5.59. The molecule has 0 saturated carbocycles. The van der Waals surface area contributed by atoms with Gasteiger partial charge in [0.15, 0.2) is 0 Å². The van der Waals surface area contributed by atoms with Crippen molar-refractivity contribution in [3.63, 3.8) is 0 Å². The highest BCUT2D eigenvalue weighted by molar-refractivity contribution is 14.1. The van der Waals surface area contributed by atoms with Crippen LogP contribution in [0, 0.1) is 8.99 Å². The Balaban J connectivity index is 2.58. The third kappa shape index (κ3) is 6.23. The van der Waals surface area contributed by atoms with Crippen LogP contribution in [0.4, 0.5) is 0 Å². The van der Waals surface area contributed by atoms with Crippen LogP contribution in [0.1, 0.15) is 37.6 Å². The Morgan fingerprint density at radius 2 is 2.11 bits per heavy atom. The molecule has 2 N–H and O–H groups in total. The van der Waals surface area contributed by atoms with Crippen LogP contribution >= 0.6 is 38.5 Å².